The van der Waals surface area contributed by atoms with Crippen LogP contribution in [-0.4, -0.2) is 12.3 Å². The minimum absolute atomic E-state index is 0.252. The van der Waals surface area contributed by atoms with Crippen LogP contribution in [0.2, 0.25) is 0 Å². The number of nitrogens with two attached hydrogens (primary N) is 1. The molecule has 0 bridgehead atoms. The van der Waals surface area contributed by atoms with Gasteiger partial charge in [0.25, 0.3) is 0 Å². The topological polar surface area (TPSA) is 56.2 Å². The number of fused-ring (bicyclic) bond motifs is 1. The second-order valence-electron chi connectivity index (χ2n) is 5.74. The number of carbonyl (C=O) groups is 1. The first-order chi connectivity index (χ1) is 8.78. The Kier molecular flexibility index (Phi) is 3.25. The maximum Gasteiger partial charge on any atom is 0.166 e. The van der Waals surface area contributed by atoms with Gasteiger partial charge < -0.3 is 10.2 Å². The molecule has 3 nitrogen and oxygen atoms in total. The maximum absolute atomic E-state index is 12.1. The van der Waals surface area contributed by atoms with E-state index in [2.05, 4.69) is 0 Å². The summed E-state index contributed by atoms with van der Waals surface area (Å²) in [5.41, 5.74) is 6.44. The number of hydrogen-bond donors (Lipinski definition) is 1. The molecule has 1 saturated carbocycles. The third-order valence-corrected chi connectivity index (χ3v) is 4.41. The fourth-order valence-corrected chi connectivity index (χ4v) is 3.39. The molecule has 0 spiro atoms. The maximum atomic E-state index is 12.1. The average molecular weight is 247 g/mol. The van der Waals surface area contributed by atoms with E-state index in [0.717, 1.165) is 29.9 Å². The second-order valence-corrected chi connectivity index (χ2v) is 5.74. The summed E-state index contributed by atoms with van der Waals surface area (Å²) >= 11 is 0. The molecule has 98 valence electrons. The molecule has 0 aromatic carbocycles. The molecule has 3 heteroatoms. The Labute approximate surface area is 108 Å². The van der Waals surface area contributed by atoms with E-state index in [1.165, 1.54) is 25.7 Å². The molecule has 1 fully saturated rings. The third kappa shape index (κ3) is 2.12. The number of carbonyl (C=O) groups excluding carboxylic acids is 1. The summed E-state index contributed by atoms with van der Waals surface area (Å²) < 4.78 is 5.98. The Morgan fingerprint density at radius 1 is 1.28 bits per heavy atom. The second kappa shape index (κ2) is 4.88. The third-order valence-electron chi connectivity index (χ3n) is 4.41. The van der Waals surface area contributed by atoms with Crippen molar-refractivity contribution in [3.63, 3.8) is 0 Å². The Morgan fingerprint density at radius 3 is 2.78 bits per heavy atom. The van der Waals surface area contributed by atoms with Crippen molar-refractivity contribution in [2.45, 2.75) is 50.9 Å². The van der Waals surface area contributed by atoms with Crippen molar-refractivity contribution in [3.8, 4) is 0 Å². The highest BCUT2D eigenvalue weighted by atomic mass is 16.3. The molecule has 0 saturated heterocycles. The zero-order chi connectivity index (χ0) is 12.5. The van der Waals surface area contributed by atoms with Crippen LogP contribution in [-0.2, 0) is 6.42 Å². The van der Waals surface area contributed by atoms with Crippen LogP contribution < -0.4 is 5.73 Å². The lowest BCUT2D eigenvalue weighted by atomic mass is 9.85. The van der Waals surface area contributed by atoms with Crippen molar-refractivity contribution in [2.75, 3.05) is 6.54 Å². The van der Waals surface area contributed by atoms with Crippen LogP contribution in [0.4, 0.5) is 0 Å². The van der Waals surface area contributed by atoms with Crippen LogP contribution in [0.25, 0.3) is 0 Å². The molecule has 1 atom stereocenters. The Hall–Kier alpha value is -1.09. The van der Waals surface area contributed by atoms with E-state index in [4.69, 9.17) is 10.2 Å². The van der Waals surface area contributed by atoms with Crippen LogP contribution in [0.5, 0.6) is 0 Å². The van der Waals surface area contributed by atoms with Crippen LogP contribution in [0.15, 0.2) is 10.5 Å². The molecule has 0 amide bonds. The fraction of sp³-hybridized carbons (Fsp3) is 0.667. The molecule has 2 aliphatic carbocycles. The average Bonchev–Trinajstić information content (AvgIpc) is 2.97. The minimum atomic E-state index is 0.252. The highest BCUT2D eigenvalue weighted by Crippen LogP contribution is 2.38. The van der Waals surface area contributed by atoms with Gasteiger partial charge in [0, 0.05) is 18.8 Å². The number of hydrogen-bond acceptors (Lipinski definition) is 3. The lowest BCUT2D eigenvalue weighted by Gasteiger charge is -2.19. The number of furan rings is 1. The summed E-state index contributed by atoms with van der Waals surface area (Å²) in [6.45, 7) is 0.656. The Morgan fingerprint density at radius 2 is 2.06 bits per heavy atom. The van der Waals surface area contributed by atoms with Crippen LogP contribution in [0, 0.1) is 5.92 Å². The summed E-state index contributed by atoms with van der Waals surface area (Å²) in [5, 5.41) is 0. The van der Waals surface area contributed by atoms with Crippen molar-refractivity contribution in [3.05, 3.63) is 23.2 Å². The number of ketones is 1. The Bertz CT molecular complexity index is 443. The normalized spacial score (nSPS) is 24.5. The van der Waals surface area contributed by atoms with E-state index in [9.17, 15) is 4.79 Å². The van der Waals surface area contributed by atoms with Crippen molar-refractivity contribution in [2.24, 2.45) is 11.7 Å². The summed E-state index contributed by atoms with van der Waals surface area (Å²) in [5.74, 6) is 3.17. The van der Waals surface area contributed by atoms with Gasteiger partial charge in [-0.2, -0.15) is 0 Å². The van der Waals surface area contributed by atoms with E-state index < -0.39 is 0 Å². The number of rotatable bonds is 3. The van der Waals surface area contributed by atoms with Crippen molar-refractivity contribution < 1.29 is 9.21 Å². The van der Waals surface area contributed by atoms with Gasteiger partial charge in [-0.1, -0.05) is 12.8 Å². The first kappa shape index (κ1) is 12.0. The van der Waals surface area contributed by atoms with E-state index >= 15 is 0 Å². The molecular weight excluding hydrogens is 226 g/mol. The van der Waals surface area contributed by atoms with Gasteiger partial charge in [-0.05, 0) is 37.8 Å². The van der Waals surface area contributed by atoms with Gasteiger partial charge in [0.1, 0.15) is 11.5 Å². The highest BCUT2D eigenvalue weighted by Gasteiger charge is 2.30. The first-order valence-electron chi connectivity index (χ1n) is 7.13. The zero-order valence-electron chi connectivity index (χ0n) is 10.8. The fourth-order valence-electron chi connectivity index (χ4n) is 3.39. The standard InChI is InChI=1S/C15H21NO2/c16-6-5-10-7-13(17)12-9-14(18-15(12)8-10)11-3-1-2-4-11/h9-11H,1-8,16H2. The SMILES string of the molecule is NCCC1CC(=O)c2cc(C3CCCC3)oc2C1. The molecule has 2 N–H and O–H groups in total. The predicted molar refractivity (Wildman–Crippen MR) is 69.7 cm³/mol. The molecule has 1 aromatic heterocycles. The molecule has 1 heterocycles. The van der Waals surface area contributed by atoms with Gasteiger partial charge in [-0.15, -0.1) is 0 Å². The van der Waals surface area contributed by atoms with Gasteiger partial charge in [0.05, 0.1) is 5.56 Å². The molecule has 1 aromatic rings. The van der Waals surface area contributed by atoms with E-state index in [0.29, 0.717) is 24.8 Å². The van der Waals surface area contributed by atoms with Crippen LogP contribution >= 0.6 is 0 Å². The van der Waals surface area contributed by atoms with Crippen molar-refractivity contribution in [1.82, 2.24) is 0 Å². The quantitative estimate of drug-likeness (QED) is 0.893. The molecule has 2 aliphatic rings. The summed E-state index contributed by atoms with van der Waals surface area (Å²) in [6, 6.07) is 2.02. The molecule has 0 radical (unpaired) electrons. The highest BCUT2D eigenvalue weighted by molar-refractivity contribution is 5.98. The molecule has 1 unspecified atom stereocenters. The first-order valence-corrected chi connectivity index (χ1v) is 7.13. The summed E-state index contributed by atoms with van der Waals surface area (Å²) in [4.78, 5) is 12.1. The van der Waals surface area contributed by atoms with Gasteiger partial charge in [0.2, 0.25) is 0 Å². The van der Waals surface area contributed by atoms with Crippen molar-refractivity contribution >= 4 is 5.78 Å². The zero-order valence-corrected chi connectivity index (χ0v) is 10.8. The van der Waals surface area contributed by atoms with Gasteiger partial charge in [-0.3, -0.25) is 4.79 Å². The summed E-state index contributed by atoms with van der Waals surface area (Å²) in [6.07, 6.45) is 7.47. The van der Waals surface area contributed by atoms with Gasteiger partial charge in [-0.25, -0.2) is 0 Å². The monoisotopic (exact) mass is 247 g/mol. The van der Waals surface area contributed by atoms with Crippen LogP contribution in [0.1, 0.15) is 66.3 Å². The summed E-state index contributed by atoms with van der Waals surface area (Å²) in [7, 11) is 0. The van der Waals surface area contributed by atoms with Gasteiger partial charge >= 0.3 is 0 Å². The van der Waals surface area contributed by atoms with Gasteiger partial charge in [0.15, 0.2) is 5.78 Å². The molecule has 3 rings (SSSR count). The van der Waals surface area contributed by atoms with E-state index in [1.54, 1.807) is 0 Å². The molecule has 18 heavy (non-hydrogen) atoms. The smallest absolute Gasteiger partial charge is 0.166 e. The number of Topliss-reactive ketones (excluding diaryl/α,β-unsaturated/α-hetero) is 1. The predicted octanol–water partition coefficient (Wildman–Crippen LogP) is 3.03. The lowest BCUT2D eigenvalue weighted by molar-refractivity contribution is 0.0941. The van der Waals surface area contributed by atoms with Crippen molar-refractivity contribution in [1.29, 1.82) is 0 Å². The van der Waals surface area contributed by atoms with Crippen LogP contribution in [0.3, 0.4) is 0 Å². The largest absolute Gasteiger partial charge is 0.465 e. The Balaban J connectivity index is 1.83. The lowest BCUT2D eigenvalue weighted by Crippen LogP contribution is -2.21. The van der Waals surface area contributed by atoms with E-state index in [-0.39, 0.29) is 5.78 Å². The molecular formula is C15H21NO2. The minimum Gasteiger partial charge on any atom is -0.465 e. The molecule has 0 aliphatic heterocycles. The van der Waals surface area contributed by atoms with E-state index in [1.807, 2.05) is 6.07 Å².